The van der Waals surface area contributed by atoms with E-state index in [9.17, 15) is 9.18 Å². The van der Waals surface area contributed by atoms with Gasteiger partial charge in [0.2, 0.25) is 5.91 Å². The highest BCUT2D eigenvalue weighted by Gasteiger charge is 2.31. The van der Waals surface area contributed by atoms with Gasteiger partial charge < -0.3 is 5.32 Å². The predicted molar refractivity (Wildman–Crippen MR) is 108 cm³/mol. The van der Waals surface area contributed by atoms with E-state index in [1.165, 1.54) is 17.8 Å². The Hall–Kier alpha value is -2.67. The third kappa shape index (κ3) is 3.94. The minimum atomic E-state index is -0.414. The molecule has 1 N–H and O–H groups in total. The van der Waals surface area contributed by atoms with Gasteiger partial charge in [-0.05, 0) is 56.5 Å². The monoisotopic (exact) mass is 396 g/mol. The number of nitrogens with zero attached hydrogens (tertiary/aromatic N) is 3. The van der Waals surface area contributed by atoms with E-state index in [2.05, 4.69) is 15.5 Å². The van der Waals surface area contributed by atoms with E-state index in [0.717, 1.165) is 24.4 Å². The molecular weight excluding hydrogens is 375 g/mol. The molecule has 3 aromatic rings. The standard InChI is InChI=1S/C21H21FN4OS/c1-13-8-11-16(12-18(13)22)23-20(27)14(2)28-21-25-24-19(15-9-10-15)26(21)17-6-4-3-5-7-17/h3-8,11-12,14-15H,9-10H2,1-2H3,(H,23,27). The van der Waals surface area contributed by atoms with Crippen LogP contribution in [0.5, 0.6) is 0 Å². The lowest BCUT2D eigenvalue weighted by atomic mass is 10.2. The van der Waals surface area contributed by atoms with Gasteiger partial charge in [0.05, 0.1) is 5.25 Å². The molecule has 0 bridgehead atoms. The molecule has 1 aliphatic carbocycles. The number of amides is 1. The summed E-state index contributed by atoms with van der Waals surface area (Å²) < 4.78 is 15.8. The molecule has 144 valence electrons. The van der Waals surface area contributed by atoms with Crippen LogP contribution < -0.4 is 5.32 Å². The van der Waals surface area contributed by atoms with E-state index in [4.69, 9.17) is 0 Å². The van der Waals surface area contributed by atoms with Crippen molar-refractivity contribution in [2.75, 3.05) is 5.32 Å². The van der Waals surface area contributed by atoms with Gasteiger partial charge in [-0.15, -0.1) is 10.2 Å². The van der Waals surface area contributed by atoms with Crippen molar-refractivity contribution < 1.29 is 9.18 Å². The van der Waals surface area contributed by atoms with E-state index in [-0.39, 0.29) is 11.7 Å². The molecule has 0 spiro atoms. The summed E-state index contributed by atoms with van der Waals surface area (Å²) in [7, 11) is 0. The number of benzene rings is 2. The Morgan fingerprint density at radius 1 is 1.21 bits per heavy atom. The van der Waals surface area contributed by atoms with Crippen LogP contribution in [0, 0.1) is 12.7 Å². The van der Waals surface area contributed by atoms with Crippen molar-refractivity contribution >= 4 is 23.4 Å². The van der Waals surface area contributed by atoms with Gasteiger partial charge in [-0.25, -0.2) is 4.39 Å². The van der Waals surface area contributed by atoms with Crippen molar-refractivity contribution in [3.8, 4) is 5.69 Å². The van der Waals surface area contributed by atoms with Crippen molar-refractivity contribution in [3.05, 3.63) is 65.7 Å². The maximum absolute atomic E-state index is 13.7. The van der Waals surface area contributed by atoms with Gasteiger partial charge >= 0.3 is 0 Å². The molecular formula is C21H21FN4OS. The van der Waals surface area contributed by atoms with Crippen LogP contribution in [0.15, 0.2) is 53.7 Å². The quantitative estimate of drug-likeness (QED) is 0.613. The summed E-state index contributed by atoms with van der Waals surface area (Å²) in [6.45, 7) is 3.50. The molecule has 1 fully saturated rings. The lowest BCUT2D eigenvalue weighted by molar-refractivity contribution is -0.115. The van der Waals surface area contributed by atoms with Gasteiger partial charge in [0.1, 0.15) is 11.6 Å². The van der Waals surface area contributed by atoms with Crippen LogP contribution in [0.1, 0.15) is 37.1 Å². The maximum Gasteiger partial charge on any atom is 0.237 e. The Labute approximate surface area is 167 Å². The zero-order valence-corrected chi connectivity index (χ0v) is 16.5. The van der Waals surface area contributed by atoms with E-state index in [0.29, 0.717) is 22.3 Å². The predicted octanol–water partition coefficient (Wildman–Crippen LogP) is 4.71. The fourth-order valence-corrected chi connectivity index (χ4v) is 3.78. The number of hydrogen-bond donors (Lipinski definition) is 1. The zero-order valence-electron chi connectivity index (χ0n) is 15.7. The van der Waals surface area contributed by atoms with Crippen molar-refractivity contribution in [2.24, 2.45) is 0 Å². The van der Waals surface area contributed by atoms with Crippen molar-refractivity contribution in [3.63, 3.8) is 0 Å². The van der Waals surface area contributed by atoms with Gasteiger partial charge in [-0.1, -0.05) is 36.0 Å². The molecule has 28 heavy (non-hydrogen) atoms. The average Bonchev–Trinajstić information content (AvgIpc) is 3.46. The molecule has 1 aromatic heterocycles. The number of hydrogen-bond acceptors (Lipinski definition) is 4. The van der Waals surface area contributed by atoms with Gasteiger partial charge in [0, 0.05) is 17.3 Å². The number of rotatable bonds is 6. The fraction of sp³-hybridized carbons (Fsp3) is 0.286. The van der Waals surface area contributed by atoms with Crippen LogP contribution in [0.2, 0.25) is 0 Å². The van der Waals surface area contributed by atoms with Crippen molar-refractivity contribution in [1.82, 2.24) is 14.8 Å². The van der Waals surface area contributed by atoms with E-state index in [1.807, 2.05) is 41.8 Å². The summed E-state index contributed by atoms with van der Waals surface area (Å²) in [5, 5.41) is 11.8. The number of carbonyl (C=O) groups excluding carboxylic acids is 1. The second-order valence-corrected chi connectivity index (χ2v) is 8.31. The molecule has 0 radical (unpaired) electrons. The van der Waals surface area contributed by atoms with Crippen LogP contribution in [-0.4, -0.2) is 25.9 Å². The molecule has 1 saturated carbocycles. The number of thioether (sulfide) groups is 1. The Kier molecular flexibility index (Phi) is 5.17. The Morgan fingerprint density at radius 3 is 2.64 bits per heavy atom. The Bertz CT molecular complexity index is 1000. The normalized spacial score (nSPS) is 14.7. The highest BCUT2D eigenvalue weighted by Crippen LogP contribution is 2.41. The Morgan fingerprint density at radius 2 is 1.96 bits per heavy atom. The summed E-state index contributed by atoms with van der Waals surface area (Å²) in [6, 6.07) is 14.6. The first-order chi connectivity index (χ1) is 13.5. The molecule has 0 saturated heterocycles. The second-order valence-electron chi connectivity index (χ2n) is 7.00. The third-order valence-electron chi connectivity index (χ3n) is 4.71. The van der Waals surface area contributed by atoms with Gasteiger partial charge in [-0.3, -0.25) is 9.36 Å². The number of carbonyl (C=O) groups is 1. The number of anilines is 1. The molecule has 5 nitrogen and oxygen atoms in total. The number of aromatic nitrogens is 3. The SMILES string of the molecule is Cc1ccc(NC(=O)C(C)Sc2nnc(C3CC3)n2-c2ccccc2)cc1F. The first-order valence-corrected chi connectivity index (χ1v) is 10.2. The minimum Gasteiger partial charge on any atom is -0.325 e. The smallest absolute Gasteiger partial charge is 0.237 e. The molecule has 1 unspecified atom stereocenters. The van der Waals surface area contributed by atoms with E-state index in [1.54, 1.807) is 19.1 Å². The van der Waals surface area contributed by atoms with Crippen LogP contribution in [0.3, 0.4) is 0 Å². The highest BCUT2D eigenvalue weighted by atomic mass is 32.2. The molecule has 1 heterocycles. The number of halogens is 1. The van der Waals surface area contributed by atoms with Crippen LogP contribution >= 0.6 is 11.8 Å². The first-order valence-electron chi connectivity index (χ1n) is 9.27. The lowest BCUT2D eigenvalue weighted by Crippen LogP contribution is -2.23. The molecule has 0 aliphatic heterocycles. The zero-order chi connectivity index (χ0) is 19.7. The molecule has 1 aliphatic rings. The summed E-state index contributed by atoms with van der Waals surface area (Å²) in [5.41, 5.74) is 1.98. The summed E-state index contributed by atoms with van der Waals surface area (Å²) in [6.07, 6.45) is 2.23. The first kappa shape index (κ1) is 18.7. The van der Waals surface area contributed by atoms with E-state index >= 15 is 0 Å². The number of para-hydroxylation sites is 1. The van der Waals surface area contributed by atoms with Gasteiger partial charge in [-0.2, -0.15) is 0 Å². The Balaban J connectivity index is 1.53. The van der Waals surface area contributed by atoms with E-state index < -0.39 is 5.25 Å². The number of aryl methyl sites for hydroxylation is 1. The minimum absolute atomic E-state index is 0.205. The number of nitrogens with one attached hydrogen (secondary N) is 1. The average molecular weight is 396 g/mol. The van der Waals surface area contributed by atoms with Gasteiger partial charge in [0.15, 0.2) is 5.16 Å². The second kappa shape index (κ2) is 7.75. The van der Waals surface area contributed by atoms with Crippen LogP contribution in [-0.2, 0) is 4.79 Å². The lowest BCUT2D eigenvalue weighted by Gasteiger charge is -2.14. The third-order valence-corrected chi connectivity index (χ3v) is 5.75. The summed E-state index contributed by atoms with van der Waals surface area (Å²) in [4.78, 5) is 12.6. The molecule has 2 aromatic carbocycles. The molecule has 1 atom stereocenters. The van der Waals surface area contributed by atoms with Crippen LogP contribution in [0.25, 0.3) is 5.69 Å². The highest BCUT2D eigenvalue weighted by molar-refractivity contribution is 8.00. The van der Waals surface area contributed by atoms with Crippen molar-refractivity contribution in [2.45, 2.75) is 43.0 Å². The molecule has 7 heteroatoms. The molecule has 1 amide bonds. The maximum atomic E-state index is 13.7. The topological polar surface area (TPSA) is 59.8 Å². The summed E-state index contributed by atoms with van der Waals surface area (Å²) in [5.74, 6) is 0.837. The van der Waals surface area contributed by atoms with Gasteiger partial charge in [0.25, 0.3) is 0 Å². The summed E-state index contributed by atoms with van der Waals surface area (Å²) >= 11 is 1.35. The largest absolute Gasteiger partial charge is 0.325 e. The van der Waals surface area contributed by atoms with Crippen LogP contribution in [0.4, 0.5) is 10.1 Å². The molecule has 4 rings (SSSR count). The van der Waals surface area contributed by atoms with Crippen molar-refractivity contribution in [1.29, 1.82) is 0 Å². The fourth-order valence-electron chi connectivity index (χ4n) is 2.91.